The average molecular weight is 429 g/mol. The van der Waals surface area contributed by atoms with Gasteiger partial charge >= 0.3 is 0 Å². The van der Waals surface area contributed by atoms with Crippen LogP contribution < -0.4 is 0 Å². The molecule has 28 heavy (non-hydrogen) atoms. The molecule has 0 amide bonds. The Bertz CT molecular complexity index is 975. The first kappa shape index (κ1) is 18.7. The predicted octanol–water partition coefficient (Wildman–Crippen LogP) is 6.52. The van der Waals surface area contributed by atoms with Crippen molar-refractivity contribution < 1.29 is 5.11 Å². The topological polar surface area (TPSA) is 20.2 Å². The summed E-state index contributed by atoms with van der Waals surface area (Å²) in [4.78, 5) is 0. The van der Waals surface area contributed by atoms with E-state index >= 15 is 0 Å². The summed E-state index contributed by atoms with van der Waals surface area (Å²) >= 11 is 3.51. The van der Waals surface area contributed by atoms with Gasteiger partial charge in [0, 0.05) is 10.4 Å². The summed E-state index contributed by atoms with van der Waals surface area (Å²) in [6.07, 6.45) is 0. The highest BCUT2D eigenvalue weighted by Gasteiger charge is 2.42. The molecule has 0 radical (unpaired) electrons. The minimum atomic E-state index is -1.22. The molecule has 0 aliphatic heterocycles. The molecule has 0 aliphatic carbocycles. The molecule has 0 aliphatic rings. The van der Waals surface area contributed by atoms with Crippen molar-refractivity contribution in [3.05, 3.63) is 142 Å². The Kier molecular flexibility index (Phi) is 5.43. The van der Waals surface area contributed by atoms with Gasteiger partial charge in [-0.1, -0.05) is 119 Å². The second-order valence-corrected chi connectivity index (χ2v) is 7.81. The van der Waals surface area contributed by atoms with Gasteiger partial charge in [-0.2, -0.15) is 0 Å². The van der Waals surface area contributed by atoms with Crippen LogP contribution in [0, 0.1) is 0 Å². The lowest BCUT2D eigenvalue weighted by Crippen LogP contribution is -2.35. The first-order valence-corrected chi connectivity index (χ1v) is 10.1. The van der Waals surface area contributed by atoms with E-state index in [0.29, 0.717) is 0 Å². The first-order valence-electron chi connectivity index (χ1n) is 9.33. The molecule has 4 rings (SSSR count). The predicted molar refractivity (Wildman–Crippen MR) is 118 cm³/mol. The molecule has 4 aromatic rings. The van der Waals surface area contributed by atoms with Crippen LogP contribution in [-0.2, 0) is 5.60 Å². The molecular weight excluding hydrogens is 408 g/mol. The first-order chi connectivity index (χ1) is 13.7. The molecule has 138 valence electrons. The Morgan fingerprint density at radius 2 is 0.929 bits per heavy atom. The second-order valence-electron chi connectivity index (χ2n) is 6.89. The fourth-order valence-electron chi connectivity index (χ4n) is 3.86. The van der Waals surface area contributed by atoms with Gasteiger partial charge in [0.05, 0.1) is 0 Å². The molecule has 1 N–H and O–H groups in total. The Morgan fingerprint density at radius 1 is 0.536 bits per heavy atom. The highest BCUT2D eigenvalue weighted by Crippen LogP contribution is 2.46. The Labute approximate surface area is 174 Å². The van der Waals surface area contributed by atoms with Crippen LogP contribution in [0.2, 0.25) is 0 Å². The third-order valence-electron chi connectivity index (χ3n) is 5.18. The van der Waals surface area contributed by atoms with Crippen LogP contribution in [0.4, 0.5) is 0 Å². The zero-order chi connectivity index (χ0) is 19.4. The maximum absolute atomic E-state index is 12.4. The third-order valence-corrected chi connectivity index (χ3v) is 5.71. The molecule has 0 heterocycles. The number of aliphatic hydroxyl groups is 1. The van der Waals surface area contributed by atoms with E-state index in [4.69, 9.17) is 0 Å². The van der Waals surface area contributed by atoms with Gasteiger partial charge in [0.2, 0.25) is 0 Å². The molecular formula is C26H21BrO. The number of hydrogen-bond donors (Lipinski definition) is 1. The minimum absolute atomic E-state index is 0.251. The quantitative estimate of drug-likeness (QED) is 0.383. The van der Waals surface area contributed by atoms with Gasteiger partial charge in [-0.3, -0.25) is 0 Å². The van der Waals surface area contributed by atoms with Crippen molar-refractivity contribution >= 4 is 15.9 Å². The standard InChI is InChI=1S/C26H21BrO/c27-24-18-16-23(17-19-24)26(28,22-14-8-3-9-15-22)25(20-10-4-1-5-11-20)21-12-6-2-7-13-21/h1-19,25,28H. The van der Waals surface area contributed by atoms with E-state index in [1.165, 1.54) is 0 Å². The van der Waals surface area contributed by atoms with Gasteiger partial charge < -0.3 is 5.11 Å². The highest BCUT2D eigenvalue weighted by atomic mass is 79.9. The fraction of sp³-hybridized carbons (Fsp3) is 0.0769. The maximum atomic E-state index is 12.4. The van der Waals surface area contributed by atoms with Crippen molar-refractivity contribution in [1.82, 2.24) is 0 Å². The summed E-state index contributed by atoms with van der Waals surface area (Å²) in [5, 5.41) is 12.4. The lowest BCUT2D eigenvalue weighted by Gasteiger charge is -2.38. The van der Waals surface area contributed by atoms with Gasteiger partial charge in [-0.25, -0.2) is 0 Å². The molecule has 0 spiro atoms. The van der Waals surface area contributed by atoms with Crippen molar-refractivity contribution in [3.8, 4) is 0 Å². The molecule has 1 unspecified atom stereocenters. The van der Waals surface area contributed by atoms with Crippen LogP contribution in [0.15, 0.2) is 120 Å². The monoisotopic (exact) mass is 428 g/mol. The SMILES string of the molecule is OC(c1ccccc1)(c1ccc(Br)cc1)C(c1ccccc1)c1ccccc1. The summed E-state index contributed by atoms with van der Waals surface area (Å²) < 4.78 is 0.989. The number of hydrogen-bond acceptors (Lipinski definition) is 1. The minimum Gasteiger partial charge on any atom is -0.379 e. The largest absolute Gasteiger partial charge is 0.379 e. The van der Waals surface area contributed by atoms with Crippen molar-refractivity contribution in [2.24, 2.45) is 0 Å². The van der Waals surface area contributed by atoms with Gasteiger partial charge in [0.1, 0.15) is 5.60 Å². The van der Waals surface area contributed by atoms with Crippen molar-refractivity contribution in [2.75, 3.05) is 0 Å². The number of rotatable bonds is 5. The van der Waals surface area contributed by atoms with Crippen LogP contribution in [0.3, 0.4) is 0 Å². The van der Waals surface area contributed by atoms with E-state index in [0.717, 1.165) is 26.7 Å². The molecule has 1 nitrogen and oxygen atoms in total. The molecule has 2 heteroatoms. The van der Waals surface area contributed by atoms with Crippen molar-refractivity contribution in [2.45, 2.75) is 11.5 Å². The van der Waals surface area contributed by atoms with E-state index in [9.17, 15) is 5.11 Å². The summed E-state index contributed by atoms with van der Waals surface area (Å²) in [5.41, 5.74) is 2.66. The van der Waals surface area contributed by atoms with Crippen LogP contribution >= 0.6 is 15.9 Å². The summed E-state index contributed by atoms with van der Waals surface area (Å²) in [6, 6.07) is 38.4. The lowest BCUT2D eigenvalue weighted by atomic mass is 9.70. The molecule has 0 fully saturated rings. The number of halogens is 1. The second kappa shape index (κ2) is 8.14. The third kappa shape index (κ3) is 3.54. The van der Waals surface area contributed by atoms with E-state index in [1.54, 1.807) is 0 Å². The van der Waals surface area contributed by atoms with Gasteiger partial charge in [0.25, 0.3) is 0 Å². The molecule has 0 saturated carbocycles. The van der Waals surface area contributed by atoms with E-state index < -0.39 is 5.60 Å². The zero-order valence-corrected chi connectivity index (χ0v) is 17.0. The molecule has 0 aromatic heterocycles. The van der Waals surface area contributed by atoms with Gasteiger partial charge in [0.15, 0.2) is 0 Å². The smallest absolute Gasteiger partial charge is 0.125 e. The van der Waals surface area contributed by atoms with E-state index in [1.807, 2.05) is 91.0 Å². The summed E-state index contributed by atoms with van der Waals surface area (Å²) in [7, 11) is 0. The fourth-order valence-corrected chi connectivity index (χ4v) is 4.13. The molecule has 1 atom stereocenters. The number of benzene rings is 4. The van der Waals surface area contributed by atoms with Gasteiger partial charge in [-0.15, -0.1) is 0 Å². The summed E-state index contributed by atoms with van der Waals surface area (Å²) in [5.74, 6) is -0.251. The lowest BCUT2D eigenvalue weighted by molar-refractivity contribution is 0.0625. The Balaban J connectivity index is 2.01. The van der Waals surface area contributed by atoms with Crippen LogP contribution in [0.1, 0.15) is 28.2 Å². The van der Waals surface area contributed by atoms with Crippen molar-refractivity contribution in [3.63, 3.8) is 0 Å². The highest BCUT2D eigenvalue weighted by molar-refractivity contribution is 9.10. The maximum Gasteiger partial charge on any atom is 0.125 e. The molecule has 0 saturated heterocycles. The zero-order valence-electron chi connectivity index (χ0n) is 15.4. The Hall–Kier alpha value is -2.68. The van der Waals surface area contributed by atoms with Crippen molar-refractivity contribution in [1.29, 1.82) is 0 Å². The van der Waals surface area contributed by atoms with Crippen LogP contribution in [0.25, 0.3) is 0 Å². The van der Waals surface area contributed by atoms with Crippen LogP contribution in [0.5, 0.6) is 0 Å². The molecule has 0 bridgehead atoms. The van der Waals surface area contributed by atoms with E-state index in [2.05, 4.69) is 40.2 Å². The average Bonchev–Trinajstić information content (AvgIpc) is 2.76. The van der Waals surface area contributed by atoms with Crippen LogP contribution in [-0.4, -0.2) is 5.11 Å². The summed E-state index contributed by atoms with van der Waals surface area (Å²) in [6.45, 7) is 0. The molecule has 4 aromatic carbocycles. The normalized spacial score (nSPS) is 13.2. The van der Waals surface area contributed by atoms with E-state index in [-0.39, 0.29) is 5.92 Å². The Morgan fingerprint density at radius 3 is 1.39 bits per heavy atom. The van der Waals surface area contributed by atoms with Gasteiger partial charge in [-0.05, 0) is 34.4 Å².